The van der Waals surface area contributed by atoms with Gasteiger partial charge in [-0.15, -0.1) is 5.10 Å². The number of carboxylic acids is 1. The number of hydrogen-bond acceptors (Lipinski definition) is 7. The minimum Gasteiger partial charge on any atom is -0.488 e. The van der Waals surface area contributed by atoms with Crippen LogP contribution in [-0.4, -0.2) is 57.0 Å². The number of nitrogens with one attached hydrogen (secondary N) is 4. The van der Waals surface area contributed by atoms with Crippen molar-refractivity contribution < 1.29 is 41.4 Å². The molecule has 1 heterocycles. The summed E-state index contributed by atoms with van der Waals surface area (Å²) in [5.74, 6) is -3.99. The maximum absolute atomic E-state index is 15.9. The number of aliphatic carboxylic acids is 1. The van der Waals surface area contributed by atoms with Crippen LogP contribution in [0.25, 0.3) is 5.69 Å². The lowest BCUT2D eigenvalue weighted by Gasteiger charge is -2.21. The van der Waals surface area contributed by atoms with Gasteiger partial charge >= 0.3 is 17.8 Å². The maximum atomic E-state index is 15.9. The summed E-state index contributed by atoms with van der Waals surface area (Å²) in [5, 5.41) is 25.1. The third kappa shape index (κ3) is 9.38. The number of anilines is 2. The van der Waals surface area contributed by atoms with E-state index in [9.17, 15) is 27.2 Å². The number of para-hydroxylation sites is 2. The first-order valence-electron chi connectivity index (χ1n) is 13.7. The van der Waals surface area contributed by atoms with Crippen molar-refractivity contribution in [3.8, 4) is 11.4 Å². The van der Waals surface area contributed by atoms with Crippen molar-refractivity contribution in [3.63, 3.8) is 0 Å². The zero-order chi connectivity index (χ0) is 34.9. The number of benzene rings is 3. The summed E-state index contributed by atoms with van der Waals surface area (Å²) < 4.78 is 66.9. The van der Waals surface area contributed by atoms with E-state index in [1.165, 1.54) is 13.0 Å². The van der Waals surface area contributed by atoms with Gasteiger partial charge in [0, 0.05) is 23.7 Å². The largest absolute Gasteiger partial charge is 0.490 e. The minimum absolute atomic E-state index is 0.0712. The first-order valence-corrected chi connectivity index (χ1v) is 13.7. The van der Waals surface area contributed by atoms with Gasteiger partial charge in [0.15, 0.2) is 17.4 Å². The number of aryl methyl sites for hydroxylation is 1. The zero-order valence-electron chi connectivity index (χ0n) is 24.9. The average molecular weight is 664 g/mol. The quantitative estimate of drug-likeness (QED) is 0.0757. The molecular weight excluding hydrogens is 633 g/mol. The molecule has 0 aliphatic carbocycles. The second-order valence-electron chi connectivity index (χ2n) is 9.68. The van der Waals surface area contributed by atoms with Gasteiger partial charge in [0.05, 0.1) is 11.4 Å². The van der Waals surface area contributed by atoms with E-state index in [1.54, 1.807) is 54.6 Å². The molecule has 4 aromatic rings. The van der Waals surface area contributed by atoms with Crippen molar-refractivity contribution in [2.24, 2.45) is 5.73 Å². The van der Waals surface area contributed by atoms with E-state index in [0.29, 0.717) is 29.0 Å². The lowest BCUT2D eigenvalue weighted by molar-refractivity contribution is -0.192. The van der Waals surface area contributed by atoms with Crippen LogP contribution in [0.4, 0.5) is 33.3 Å². The third-order valence-corrected chi connectivity index (χ3v) is 6.28. The maximum Gasteiger partial charge on any atom is 0.490 e. The molecule has 7 N–H and O–H groups in total. The standard InChI is InChI=1S/C28H29F2N7O3.C2HF3O2/c1-3-17-14-20(24(30)23(15-17)40-13-12-29)25(34-19-10-8-18(9-11-19)26(31)32)27-35-28(39)37(36-27)22-7-5-4-6-21(22)33-16(2)38;3-2(4,5)1(6)7/h4-11,14-15,25,34H,3,12-13H2,1-2H3,(H3,31,32)(H,33,38)(H,35,36,39);(H,6,7). The van der Waals surface area contributed by atoms with Gasteiger partial charge in [-0.25, -0.2) is 18.4 Å². The molecule has 1 amide bonds. The van der Waals surface area contributed by atoms with E-state index >= 15 is 4.39 Å². The van der Waals surface area contributed by atoms with E-state index < -0.39 is 36.4 Å². The predicted molar refractivity (Wildman–Crippen MR) is 162 cm³/mol. The topological polar surface area (TPSA) is 188 Å². The lowest BCUT2D eigenvalue weighted by atomic mass is 10.00. The molecular formula is C30H30F5N7O5. The number of carboxylic acid groups (broad SMARTS) is 1. The number of halogens is 5. The average Bonchev–Trinajstić information content (AvgIpc) is 3.40. The molecule has 1 atom stereocenters. The third-order valence-electron chi connectivity index (χ3n) is 6.28. The predicted octanol–water partition coefficient (Wildman–Crippen LogP) is 4.69. The lowest BCUT2D eigenvalue weighted by Crippen LogP contribution is -2.21. The summed E-state index contributed by atoms with van der Waals surface area (Å²) in [5.41, 5.74) is 7.48. The highest BCUT2D eigenvalue weighted by molar-refractivity contribution is 5.95. The van der Waals surface area contributed by atoms with Gasteiger partial charge in [-0.1, -0.05) is 25.1 Å². The molecule has 47 heavy (non-hydrogen) atoms. The summed E-state index contributed by atoms with van der Waals surface area (Å²) >= 11 is 0. The fourth-order valence-corrected chi connectivity index (χ4v) is 4.14. The van der Waals surface area contributed by atoms with Gasteiger partial charge in [0.25, 0.3) is 0 Å². The number of ether oxygens (including phenoxy) is 1. The van der Waals surface area contributed by atoms with Crippen molar-refractivity contribution in [3.05, 3.63) is 99.5 Å². The smallest absolute Gasteiger partial charge is 0.488 e. The van der Waals surface area contributed by atoms with Crippen LogP contribution in [0.2, 0.25) is 0 Å². The number of amidine groups is 1. The van der Waals surface area contributed by atoms with Gasteiger partial charge in [0.2, 0.25) is 5.91 Å². The number of alkyl halides is 4. The molecule has 0 fully saturated rings. The highest BCUT2D eigenvalue weighted by Crippen LogP contribution is 2.33. The molecule has 17 heteroatoms. The van der Waals surface area contributed by atoms with E-state index in [-0.39, 0.29) is 35.5 Å². The molecule has 4 rings (SSSR count). The Labute approximate surface area is 263 Å². The molecule has 0 spiro atoms. The number of carbonyl (C=O) groups excluding carboxylic acids is 1. The Morgan fingerprint density at radius 2 is 1.79 bits per heavy atom. The van der Waals surface area contributed by atoms with Crippen molar-refractivity contribution >= 4 is 29.1 Å². The molecule has 0 bridgehead atoms. The highest BCUT2D eigenvalue weighted by Gasteiger charge is 2.38. The fraction of sp³-hybridized carbons (Fsp3) is 0.233. The Hall–Kier alpha value is -5.74. The molecule has 0 radical (unpaired) electrons. The number of aromatic nitrogens is 3. The first kappa shape index (κ1) is 35.7. The van der Waals surface area contributed by atoms with Crippen LogP contribution in [0, 0.1) is 11.2 Å². The van der Waals surface area contributed by atoms with Gasteiger partial charge in [0.1, 0.15) is 25.2 Å². The Balaban J connectivity index is 0.000000771. The molecule has 1 unspecified atom stereocenters. The number of nitrogens with zero attached hydrogens (tertiary/aromatic N) is 2. The number of nitrogens with two attached hydrogens (primary N) is 1. The second-order valence-corrected chi connectivity index (χ2v) is 9.68. The summed E-state index contributed by atoms with van der Waals surface area (Å²) in [4.78, 5) is 36.4. The normalized spacial score (nSPS) is 11.6. The van der Waals surface area contributed by atoms with Gasteiger partial charge in [-0.05, 0) is 54.4 Å². The summed E-state index contributed by atoms with van der Waals surface area (Å²) in [7, 11) is 0. The Morgan fingerprint density at radius 1 is 1.15 bits per heavy atom. The van der Waals surface area contributed by atoms with E-state index in [1.807, 2.05) is 6.92 Å². The van der Waals surface area contributed by atoms with Crippen LogP contribution in [0.5, 0.6) is 5.75 Å². The SMILES string of the molecule is CCc1cc(OCCF)c(F)c(C(Nc2ccc(C(=N)N)cc2)c2nn(-c3ccccc3NC(C)=O)c(=O)[nH]2)c1.O=C(O)C(F)(F)F. The number of hydrogen-bond donors (Lipinski definition) is 6. The summed E-state index contributed by atoms with van der Waals surface area (Å²) in [6.07, 6.45) is -4.55. The molecule has 0 saturated carbocycles. The van der Waals surface area contributed by atoms with Gasteiger partial charge in [-0.3, -0.25) is 15.2 Å². The first-order chi connectivity index (χ1) is 22.2. The number of aromatic amines is 1. The summed E-state index contributed by atoms with van der Waals surface area (Å²) in [6.45, 7) is 2.12. The fourth-order valence-electron chi connectivity index (χ4n) is 4.14. The number of carbonyl (C=O) groups is 2. The molecule has 0 aliphatic rings. The monoisotopic (exact) mass is 663 g/mol. The Bertz CT molecular complexity index is 1790. The molecule has 0 saturated heterocycles. The molecule has 250 valence electrons. The van der Waals surface area contributed by atoms with Crippen LogP contribution < -0.4 is 26.8 Å². The van der Waals surface area contributed by atoms with Crippen molar-refractivity contribution in [1.29, 1.82) is 5.41 Å². The molecule has 1 aromatic heterocycles. The molecule has 0 aliphatic heterocycles. The Morgan fingerprint density at radius 3 is 2.34 bits per heavy atom. The van der Waals surface area contributed by atoms with E-state index in [2.05, 4.69) is 20.7 Å². The number of amides is 1. The van der Waals surface area contributed by atoms with Crippen molar-refractivity contribution in [2.75, 3.05) is 23.9 Å². The van der Waals surface area contributed by atoms with Crippen LogP contribution in [0.15, 0.2) is 65.5 Å². The van der Waals surface area contributed by atoms with Crippen LogP contribution in [-0.2, 0) is 16.0 Å². The van der Waals surface area contributed by atoms with Crippen molar-refractivity contribution in [1.82, 2.24) is 14.8 Å². The van der Waals surface area contributed by atoms with Gasteiger partial charge in [-0.2, -0.15) is 17.9 Å². The number of rotatable bonds is 11. The van der Waals surface area contributed by atoms with Crippen LogP contribution in [0.3, 0.4) is 0 Å². The second kappa shape index (κ2) is 15.5. The molecule has 12 nitrogen and oxygen atoms in total. The number of nitrogen functional groups attached to an aromatic ring is 1. The highest BCUT2D eigenvalue weighted by atomic mass is 19.4. The van der Waals surface area contributed by atoms with E-state index in [4.69, 9.17) is 25.8 Å². The molecule has 3 aromatic carbocycles. The van der Waals surface area contributed by atoms with Crippen molar-refractivity contribution in [2.45, 2.75) is 32.5 Å². The zero-order valence-corrected chi connectivity index (χ0v) is 24.9. The van der Waals surface area contributed by atoms with E-state index in [0.717, 1.165) is 10.2 Å². The summed E-state index contributed by atoms with van der Waals surface area (Å²) in [6, 6.07) is 15.3. The van der Waals surface area contributed by atoms with Crippen LogP contribution >= 0.6 is 0 Å². The number of H-pyrrole nitrogens is 1. The minimum atomic E-state index is -5.08. The van der Waals surface area contributed by atoms with Crippen LogP contribution in [0.1, 0.15) is 42.4 Å². The Kier molecular flexibility index (Phi) is 11.8. The van der Waals surface area contributed by atoms with Gasteiger partial charge < -0.3 is 26.2 Å².